The average Bonchev–Trinajstić information content (AvgIpc) is 3.33. The number of nitrogens with one attached hydrogen (secondary N) is 2. The summed E-state index contributed by atoms with van der Waals surface area (Å²) in [5.74, 6) is -0.799. The maximum absolute atomic E-state index is 13.8. The Balaban J connectivity index is 1.56. The van der Waals surface area contributed by atoms with Crippen molar-refractivity contribution in [1.82, 2.24) is 24.6 Å². The smallest absolute Gasteiger partial charge is 0.253 e. The minimum atomic E-state index is -0.697. The van der Waals surface area contributed by atoms with Crippen LogP contribution in [0.15, 0.2) is 48.0 Å². The van der Waals surface area contributed by atoms with E-state index in [1.165, 1.54) is 18.2 Å². The van der Waals surface area contributed by atoms with Gasteiger partial charge in [-0.05, 0) is 30.3 Å². The first-order valence-corrected chi connectivity index (χ1v) is 8.56. The molecular weight excluding hydrogens is 358 g/mol. The molecule has 5 rings (SSSR count). The van der Waals surface area contributed by atoms with E-state index in [0.717, 1.165) is 21.6 Å². The number of nitrogens with zero attached hydrogens (tertiary/aromatic N) is 4. The second kappa shape index (κ2) is 5.60. The molecule has 0 aliphatic heterocycles. The highest BCUT2D eigenvalue weighted by Gasteiger charge is 2.14. The molecule has 0 saturated heterocycles. The van der Waals surface area contributed by atoms with E-state index in [1.807, 2.05) is 23.6 Å². The molecule has 0 unspecified atom stereocenters. The second-order valence-electron chi connectivity index (χ2n) is 5.58. The van der Waals surface area contributed by atoms with Gasteiger partial charge in [0.05, 0.1) is 11.0 Å². The zero-order valence-electron chi connectivity index (χ0n) is 13.1. The standard InChI is InChI=1S/C17H10F2N6S/c18-10-2-1-3-11(19)14(10)22-16-23-17-21-12-8-9(15-20-6-7-26-15)4-5-13(12)25(17)24-16/h1-8H,(H2,21,22,23,24). The molecule has 3 aromatic heterocycles. The van der Waals surface area contributed by atoms with E-state index < -0.39 is 11.6 Å². The van der Waals surface area contributed by atoms with Gasteiger partial charge in [0.2, 0.25) is 5.95 Å². The van der Waals surface area contributed by atoms with Crippen molar-refractivity contribution in [2.75, 3.05) is 5.32 Å². The van der Waals surface area contributed by atoms with Gasteiger partial charge >= 0.3 is 0 Å². The van der Waals surface area contributed by atoms with Gasteiger partial charge in [0, 0.05) is 17.1 Å². The van der Waals surface area contributed by atoms with Crippen molar-refractivity contribution < 1.29 is 8.78 Å². The lowest BCUT2D eigenvalue weighted by Crippen LogP contribution is -1.99. The Morgan fingerprint density at radius 1 is 1.08 bits per heavy atom. The minimum Gasteiger partial charge on any atom is -0.320 e. The summed E-state index contributed by atoms with van der Waals surface area (Å²) < 4.78 is 29.2. The number of imidazole rings is 1. The van der Waals surface area contributed by atoms with Gasteiger partial charge in [-0.1, -0.05) is 6.07 Å². The molecule has 0 bridgehead atoms. The summed E-state index contributed by atoms with van der Waals surface area (Å²) in [6, 6.07) is 9.43. The van der Waals surface area contributed by atoms with Crippen LogP contribution in [-0.2, 0) is 0 Å². The van der Waals surface area contributed by atoms with Gasteiger partial charge in [-0.25, -0.2) is 23.3 Å². The van der Waals surface area contributed by atoms with Crippen LogP contribution in [0.4, 0.5) is 20.4 Å². The molecule has 5 aromatic rings. The molecule has 128 valence electrons. The fourth-order valence-electron chi connectivity index (χ4n) is 2.77. The molecule has 0 spiro atoms. The third-order valence-corrected chi connectivity index (χ3v) is 4.77. The Bertz CT molecular complexity index is 1220. The van der Waals surface area contributed by atoms with E-state index in [0.29, 0.717) is 5.78 Å². The zero-order chi connectivity index (χ0) is 17.7. The van der Waals surface area contributed by atoms with Crippen molar-refractivity contribution >= 4 is 39.8 Å². The van der Waals surface area contributed by atoms with Crippen LogP contribution in [0.1, 0.15) is 0 Å². The zero-order valence-corrected chi connectivity index (χ0v) is 13.9. The minimum absolute atomic E-state index is 0.197. The van der Waals surface area contributed by atoms with Crippen LogP contribution in [0.5, 0.6) is 0 Å². The van der Waals surface area contributed by atoms with E-state index in [9.17, 15) is 8.78 Å². The fraction of sp³-hybridized carbons (Fsp3) is 0. The predicted molar refractivity (Wildman–Crippen MR) is 95.6 cm³/mol. The van der Waals surface area contributed by atoms with Gasteiger partial charge in [-0.15, -0.1) is 11.3 Å². The topological polar surface area (TPSA) is 70.9 Å². The molecule has 0 aliphatic rings. The van der Waals surface area contributed by atoms with Gasteiger partial charge in [0.1, 0.15) is 22.3 Å². The molecule has 0 atom stereocenters. The van der Waals surface area contributed by atoms with Crippen LogP contribution < -0.4 is 5.32 Å². The number of benzene rings is 2. The number of hydrogen-bond donors (Lipinski definition) is 2. The lowest BCUT2D eigenvalue weighted by Gasteiger charge is -2.04. The quantitative estimate of drug-likeness (QED) is 0.496. The number of fused-ring (bicyclic) bond motifs is 3. The highest BCUT2D eigenvalue weighted by molar-refractivity contribution is 7.13. The van der Waals surface area contributed by atoms with Gasteiger partial charge in [-0.2, -0.15) is 4.98 Å². The lowest BCUT2D eigenvalue weighted by atomic mass is 10.2. The van der Waals surface area contributed by atoms with Crippen molar-refractivity contribution in [3.8, 4) is 10.6 Å². The molecule has 2 aromatic carbocycles. The number of halogens is 2. The van der Waals surface area contributed by atoms with Crippen LogP contribution in [-0.4, -0.2) is 24.6 Å². The highest BCUT2D eigenvalue weighted by atomic mass is 32.1. The summed E-state index contributed by atoms with van der Waals surface area (Å²) in [7, 11) is 0. The summed E-state index contributed by atoms with van der Waals surface area (Å²) in [5.41, 5.74) is 2.26. The Hall–Kier alpha value is -3.33. The molecule has 0 saturated carbocycles. The molecular formula is C17H10F2N6S. The molecule has 26 heavy (non-hydrogen) atoms. The average molecular weight is 368 g/mol. The van der Waals surface area contributed by atoms with Crippen molar-refractivity contribution in [1.29, 1.82) is 0 Å². The van der Waals surface area contributed by atoms with Crippen LogP contribution >= 0.6 is 11.3 Å². The van der Waals surface area contributed by atoms with E-state index in [2.05, 4.69) is 25.4 Å². The van der Waals surface area contributed by atoms with E-state index in [1.54, 1.807) is 22.0 Å². The van der Waals surface area contributed by atoms with E-state index in [-0.39, 0.29) is 11.6 Å². The van der Waals surface area contributed by atoms with Crippen molar-refractivity contribution in [2.24, 2.45) is 0 Å². The Labute approximate surface area is 149 Å². The van der Waals surface area contributed by atoms with E-state index in [4.69, 9.17) is 0 Å². The number of H-pyrrole nitrogens is 1. The molecule has 6 nitrogen and oxygen atoms in total. The first kappa shape index (κ1) is 15.0. The summed E-state index contributed by atoms with van der Waals surface area (Å²) >= 11 is 1.55. The summed E-state index contributed by atoms with van der Waals surface area (Å²) in [6.45, 7) is 0. The summed E-state index contributed by atoms with van der Waals surface area (Å²) in [4.78, 5) is 13.0. The van der Waals surface area contributed by atoms with Crippen LogP contribution in [0.3, 0.4) is 0 Å². The van der Waals surface area contributed by atoms with Gasteiger partial charge < -0.3 is 5.32 Å². The molecule has 0 amide bonds. The molecule has 2 N–H and O–H groups in total. The Morgan fingerprint density at radius 2 is 1.92 bits per heavy atom. The monoisotopic (exact) mass is 368 g/mol. The lowest BCUT2D eigenvalue weighted by molar-refractivity contribution is 0.590. The third-order valence-electron chi connectivity index (χ3n) is 3.95. The Morgan fingerprint density at radius 3 is 2.69 bits per heavy atom. The highest BCUT2D eigenvalue weighted by Crippen LogP contribution is 2.27. The molecule has 0 aliphatic carbocycles. The number of para-hydroxylation sites is 1. The van der Waals surface area contributed by atoms with Crippen LogP contribution in [0.2, 0.25) is 0 Å². The SMILES string of the molecule is Fc1cccc(F)c1Nc1nc2nc3cc(-c4nccs4)ccc3n2[nH]1. The Kier molecular flexibility index (Phi) is 3.22. The second-order valence-corrected chi connectivity index (χ2v) is 6.48. The third kappa shape index (κ3) is 2.32. The molecule has 9 heteroatoms. The van der Waals surface area contributed by atoms with Crippen LogP contribution in [0, 0.1) is 11.6 Å². The largest absolute Gasteiger partial charge is 0.320 e. The van der Waals surface area contributed by atoms with Gasteiger partial charge in [0.15, 0.2) is 0 Å². The molecule has 3 heterocycles. The van der Waals surface area contributed by atoms with Crippen molar-refractivity contribution in [2.45, 2.75) is 0 Å². The van der Waals surface area contributed by atoms with Crippen molar-refractivity contribution in [3.63, 3.8) is 0 Å². The first-order chi connectivity index (χ1) is 12.7. The van der Waals surface area contributed by atoms with Gasteiger partial charge in [0.25, 0.3) is 5.78 Å². The van der Waals surface area contributed by atoms with Crippen LogP contribution in [0.25, 0.3) is 27.4 Å². The maximum atomic E-state index is 13.8. The predicted octanol–water partition coefficient (Wildman–Crippen LogP) is 4.36. The van der Waals surface area contributed by atoms with Gasteiger partial charge in [-0.3, -0.25) is 5.10 Å². The number of anilines is 2. The summed E-state index contributed by atoms with van der Waals surface area (Å²) in [5, 5.41) is 8.42. The van der Waals surface area contributed by atoms with E-state index >= 15 is 0 Å². The number of thiazole rings is 1. The number of rotatable bonds is 3. The molecule has 0 radical (unpaired) electrons. The van der Waals surface area contributed by atoms with Crippen molar-refractivity contribution in [3.05, 3.63) is 59.6 Å². The maximum Gasteiger partial charge on any atom is 0.253 e. The number of hydrogen-bond acceptors (Lipinski definition) is 5. The first-order valence-electron chi connectivity index (χ1n) is 7.68. The fourth-order valence-corrected chi connectivity index (χ4v) is 3.41. The molecule has 0 fully saturated rings. The normalized spacial score (nSPS) is 11.5. The number of aromatic nitrogens is 5. The summed E-state index contributed by atoms with van der Waals surface area (Å²) in [6.07, 6.45) is 1.75. The number of aromatic amines is 1.